The number of alkyl halides is 2. The number of guanidine groups is 1. The van der Waals surface area contributed by atoms with Gasteiger partial charge in [0, 0.05) is 31.3 Å². The normalized spacial score (nSPS) is 11.5. The fraction of sp³-hybridized carbons (Fsp3) is 0.611. The lowest BCUT2D eigenvalue weighted by Crippen LogP contribution is -2.39. The van der Waals surface area contributed by atoms with E-state index in [2.05, 4.69) is 20.4 Å². The molecule has 0 saturated heterocycles. The Morgan fingerprint density at radius 3 is 2.62 bits per heavy atom. The number of halogens is 2. The van der Waals surface area contributed by atoms with E-state index in [1.54, 1.807) is 12.1 Å². The summed E-state index contributed by atoms with van der Waals surface area (Å²) in [5.41, 5.74) is 0.552. The molecular formula is C18H29F2N3O3. The number of hydrogen-bond donors (Lipinski definition) is 2. The van der Waals surface area contributed by atoms with E-state index in [9.17, 15) is 8.78 Å². The Morgan fingerprint density at radius 1 is 1.15 bits per heavy atom. The molecule has 0 amide bonds. The van der Waals surface area contributed by atoms with Crippen LogP contribution in [0, 0.1) is 0 Å². The molecule has 26 heavy (non-hydrogen) atoms. The van der Waals surface area contributed by atoms with E-state index in [0.717, 1.165) is 6.42 Å². The van der Waals surface area contributed by atoms with E-state index in [0.29, 0.717) is 50.2 Å². The summed E-state index contributed by atoms with van der Waals surface area (Å²) in [5.74, 6) is 1.15. The molecule has 0 radical (unpaired) electrons. The van der Waals surface area contributed by atoms with Crippen molar-refractivity contribution in [1.29, 1.82) is 0 Å². The van der Waals surface area contributed by atoms with Crippen LogP contribution >= 0.6 is 0 Å². The first-order valence-electron chi connectivity index (χ1n) is 8.91. The van der Waals surface area contributed by atoms with Crippen molar-refractivity contribution in [1.82, 2.24) is 10.6 Å². The van der Waals surface area contributed by atoms with Crippen molar-refractivity contribution in [2.24, 2.45) is 4.99 Å². The van der Waals surface area contributed by atoms with Crippen LogP contribution in [0.5, 0.6) is 11.5 Å². The number of aliphatic imine (C=N–C) groups is 1. The molecule has 1 rings (SSSR count). The molecule has 0 atom stereocenters. The highest BCUT2D eigenvalue weighted by Crippen LogP contribution is 2.27. The lowest BCUT2D eigenvalue weighted by atomic mass is 10.2. The van der Waals surface area contributed by atoms with Crippen molar-refractivity contribution < 1.29 is 23.0 Å². The number of ether oxygens (including phenoxy) is 3. The standard InChI is InChI=1S/C18H29F2N3O3/c1-4-10-25-15-8-7-14(16(12-15)26-17(19)20)13-23-18(21-5-2)22-9-11-24-6-3/h7-8,12,17H,4-6,9-11,13H2,1-3H3,(H2,21,22,23). The van der Waals surface area contributed by atoms with Gasteiger partial charge in [0.1, 0.15) is 11.5 Å². The molecule has 0 unspecified atom stereocenters. The number of benzene rings is 1. The van der Waals surface area contributed by atoms with Crippen LogP contribution in [0.15, 0.2) is 23.2 Å². The second-order valence-corrected chi connectivity index (χ2v) is 5.32. The Morgan fingerprint density at radius 2 is 1.96 bits per heavy atom. The molecular weight excluding hydrogens is 344 g/mol. The maximum atomic E-state index is 12.7. The van der Waals surface area contributed by atoms with Crippen molar-refractivity contribution >= 4 is 5.96 Å². The first kappa shape index (κ1) is 22.0. The van der Waals surface area contributed by atoms with Gasteiger partial charge in [0.15, 0.2) is 5.96 Å². The average molecular weight is 373 g/mol. The quantitative estimate of drug-likeness (QED) is 0.335. The van der Waals surface area contributed by atoms with Crippen molar-refractivity contribution in [3.05, 3.63) is 23.8 Å². The first-order chi connectivity index (χ1) is 12.6. The maximum absolute atomic E-state index is 12.7. The fourth-order valence-corrected chi connectivity index (χ4v) is 2.07. The smallest absolute Gasteiger partial charge is 0.387 e. The summed E-state index contributed by atoms with van der Waals surface area (Å²) in [4.78, 5) is 4.41. The maximum Gasteiger partial charge on any atom is 0.387 e. The van der Waals surface area contributed by atoms with Gasteiger partial charge in [-0.05, 0) is 32.4 Å². The zero-order valence-electron chi connectivity index (χ0n) is 15.7. The highest BCUT2D eigenvalue weighted by atomic mass is 19.3. The molecule has 0 aromatic heterocycles. The van der Waals surface area contributed by atoms with E-state index >= 15 is 0 Å². The van der Waals surface area contributed by atoms with Crippen LogP contribution in [0.3, 0.4) is 0 Å². The molecule has 2 N–H and O–H groups in total. The van der Waals surface area contributed by atoms with Gasteiger partial charge in [-0.3, -0.25) is 0 Å². The number of rotatable bonds is 12. The molecule has 0 aliphatic rings. The lowest BCUT2D eigenvalue weighted by Gasteiger charge is -2.14. The number of hydrogen-bond acceptors (Lipinski definition) is 4. The first-order valence-corrected chi connectivity index (χ1v) is 8.91. The Balaban J connectivity index is 2.82. The van der Waals surface area contributed by atoms with Gasteiger partial charge >= 0.3 is 6.61 Å². The van der Waals surface area contributed by atoms with Crippen LogP contribution in [-0.4, -0.2) is 45.5 Å². The van der Waals surface area contributed by atoms with Gasteiger partial charge in [-0.25, -0.2) is 4.99 Å². The van der Waals surface area contributed by atoms with Crippen molar-refractivity contribution in [2.75, 3.05) is 32.9 Å². The highest BCUT2D eigenvalue weighted by molar-refractivity contribution is 5.79. The van der Waals surface area contributed by atoms with Gasteiger partial charge in [0.05, 0.1) is 19.8 Å². The predicted molar refractivity (Wildman–Crippen MR) is 98.2 cm³/mol. The highest BCUT2D eigenvalue weighted by Gasteiger charge is 2.11. The Bertz CT molecular complexity index is 542. The monoisotopic (exact) mass is 373 g/mol. The van der Waals surface area contributed by atoms with Crippen molar-refractivity contribution in [3.8, 4) is 11.5 Å². The van der Waals surface area contributed by atoms with Crippen molar-refractivity contribution in [2.45, 2.75) is 40.3 Å². The van der Waals surface area contributed by atoms with Crippen LogP contribution in [0.25, 0.3) is 0 Å². The van der Waals surface area contributed by atoms with Crippen LogP contribution in [0.4, 0.5) is 8.78 Å². The molecule has 0 fully saturated rings. The second-order valence-electron chi connectivity index (χ2n) is 5.32. The van der Waals surface area contributed by atoms with Gasteiger partial charge in [0.2, 0.25) is 0 Å². The summed E-state index contributed by atoms with van der Waals surface area (Å²) >= 11 is 0. The Labute approximate surface area is 153 Å². The summed E-state index contributed by atoms with van der Waals surface area (Å²) in [7, 11) is 0. The zero-order chi connectivity index (χ0) is 19.2. The summed E-state index contributed by atoms with van der Waals surface area (Å²) in [6.45, 7) is 6.15. The summed E-state index contributed by atoms with van der Waals surface area (Å²) in [5, 5.41) is 6.22. The van der Waals surface area contributed by atoms with Gasteiger partial charge in [-0.1, -0.05) is 6.92 Å². The SMILES string of the molecule is CCCOc1ccc(CN=C(NCC)NCCOCC)c(OC(F)F)c1. The van der Waals surface area contributed by atoms with E-state index in [-0.39, 0.29) is 12.3 Å². The Hall–Kier alpha value is -2.09. The predicted octanol–water partition coefficient (Wildman–Crippen LogP) is 3.17. The summed E-state index contributed by atoms with van der Waals surface area (Å²) in [6, 6.07) is 4.90. The van der Waals surface area contributed by atoms with E-state index < -0.39 is 6.61 Å². The zero-order valence-corrected chi connectivity index (χ0v) is 15.7. The largest absolute Gasteiger partial charge is 0.493 e. The van der Waals surface area contributed by atoms with Gasteiger partial charge in [0.25, 0.3) is 0 Å². The lowest BCUT2D eigenvalue weighted by molar-refractivity contribution is -0.0505. The third kappa shape index (κ3) is 8.84. The summed E-state index contributed by atoms with van der Waals surface area (Å²) < 4.78 is 40.8. The minimum absolute atomic E-state index is 0.0718. The van der Waals surface area contributed by atoms with E-state index in [4.69, 9.17) is 9.47 Å². The molecule has 0 spiro atoms. The van der Waals surface area contributed by atoms with Gasteiger partial charge in [-0.15, -0.1) is 0 Å². The molecule has 0 aliphatic heterocycles. The molecule has 1 aromatic rings. The molecule has 0 aliphatic carbocycles. The van der Waals surface area contributed by atoms with Gasteiger partial charge < -0.3 is 24.8 Å². The minimum atomic E-state index is -2.91. The third-order valence-corrected chi connectivity index (χ3v) is 3.22. The molecule has 0 saturated carbocycles. The van der Waals surface area contributed by atoms with Crippen LogP contribution < -0.4 is 20.1 Å². The molecule has 148 valence electrons. The third-order valence-electron chi connectivity index (χ3n) is 3.22. The van der Waals surface area contributed by atoms with Crippen LogP contribution in [0.1, 0.15) is 32.8 Å². The fourth-order valence-electron chi connectivity index (χ4n) is 2.07. The Kier molecular flexibility index (Phi) is 11.1. The average Bonchev–Trinajstić information content (AvgIpc) is 2.62. The molecule has 6 nitrogen and oxygen atoms in total. The molecule has 8 heteroatoms. The van der Waals surface area contributed by atoms with Crippen molar-refractivity contribution in [3.63, 3.8) is 0 Å². The van der Waals surface area contributed by atoms with Gasteiger partial charge in [-0.2, -0.15) is 8.78 Å². The number of nitrogens with zero attached hydrogens (tertiary/aromatic N) is 1. The minimum Gasteiger partial charge on any atom is -0.493 e. The molecule has 1 aromatic carbocycles. The van der Waals surface area contributed by atoms with Crippen LogP contribution in [-0.2, 0) is 11.3 Å². The summed E-state index contributed by atoms with van der Waals surface area (Å²) in [6.07, 6.45) is 0.830. The van der Waals surface area contributed by atoms with E-state index in [1.165, 1.54) is 6.07 Å². The topological polar surface area (TPSA) is 64.1 Å². The van der Waals surface area contributed by atoms with E-state index in [1.807, 2.05) is 20.8 Å². The van der Waals surface area contributed by atoms with Crippen LogP contribution in [0.2, 0.25) is 0 Å². The molecule has 0 heterocycles. The number of nitrogens with one attached hydrogen (secondary N) is 2. The second kappa shape index (κ2) is 13.2. The molecule has 0 bridgehead atoms.